The zero-order valence-corrected chi connectivity index (χ0v) is 14.7. The number of nitrogens with zero attached hydrogens (tertiary/aromatic N) is 1. The van der Waals surface area contributed by atoms with Crippen molar-refractivity contribution < 1.29 is 4.74 Å². The molecule has 1 aliphatic heterocycles. The molecule has 1 N–H and O–H groups in total. The molecule has 0 spiro atoms. The molecule has 3 nitrogen and oxygen atoms in total. The number of nitrogens with one attached hydrogen (secondary N) is 1. The third kappa shape index (κ3) is 5.32. The molecular formula is C20H25ClN2O. The van der Waals surface area contributed by atoms with Gasteiger partial charge in [0.2, 0.25) is 0 Å². The Labute approximate surface area is 149 Å². The smallest absolute Gasteiger partial charge is 0.0865 e. The van der Waals surface area contributed by atoms with Crippen molar-refractivity contribution in [1.29, 1.82) is 0 Å². The van der Waals surface area contributed by atoms with E-state index in [2.05, 4.69) is 46.6 Å². The molecule has 1 atom stereocenters. The quantitative estimate of drug-likeness (QED) is 0.831. The van der Waals surface area contributed by atoms with Gasteiger partial charge < -0.3 is 10.1 Å². The van der Waals surface area contributed by atoms with E-state index < -0.39 is 0 Å². The van der Waals surface area contributed by atoms with Crippen molar-refractivity contribution in [2.24, 2.45) is 0 Å². The minimum absolute atomic E-state index is 0.0790. The van der Waals surface area contributed by atoms with Crippen LogP contribution in [0, 0.1) is 0 Å². The number of hydrogen-bond acceptors (Lipinski definition) is 3. The van der Waals surface area contributed by atoms with E-state index in [4.69, 9.17) is 16.3 Å². The maximum atomic E-state index is 6.27. The summed E-state index contributed by atoms with van der Waals surface area (Å²) in [5.41, 5.74) is 2.48. The number of hydrogen-bond donors (Lipinski definition) is 1. The summed E-state index contributed by atoms with van der Waals surface area (Å²) in [5.74, 6) is 0. The molecule has 0 amide bonds. The Morgan fingerprint density at radius 3 is 2.42 bits per heavy atom. The first-order valence-corrected chi connectivity index (χ1v) is 9.03. The Kier molecular flexibility index (Phi) is 6.67. The second kappa shape index (κ2) is 9.19. The van der Waals surface area contributed by atoms with E-state index in [1.165, 1.54) is 11.1 Å². The maximum absolute atomic E-state index is 6.27. The number of piperazine rings is 1. The summed E-state index contributed by atoms with van der Waals surface area (Å²) < 4.78 is 6.27. The van der Waals surface area contributed by atoms with Crippen LogP contribution >= 0.6 is 11.6 Å². The predicted molar refractivity (Wildman–Crippen MR) is 99.6 cm³/mol. The molecule has 1 aliphatic rings. The van der Waals surface area contributed by atoms with E-state index in [1.807, 2.05) is 18.2 Å². The van der Waals surface area contributed by atoms with Gasteiger partial charge in [0.25, 0.3) is 0 Å². The van der Waals surface area contributed by atoms with Crippen LogP contribution in [-0.2, 0) is 11.2 Å². The van der Waals surface area contributed by atoms with Crippen LogP contribution in [0.2, 0.25) is 5.02 Å². The minimum Gasteiger partial charge on any atom is -0.372 e. The summed E-state index contributed by atoms with van der Waals surface area (Å²) in [7, 11) is 0. The molecule has 0 aliphatic carbocycles. The zero-order chi connectivity index (χ0) is 16.6. The Hall–Kier alpha value is -1.39. The average Bonchev–Trinajstić information content (AvgIpc) is 2.64. The topological polar surface area (TPSA) is 24.5 Å². The van der Waals surface area contributed by atoms with Crippen LogP contribution in [-0.4, -0.2) is 44.2 Å². The van der Waals surface area contributed by atoms with Gasteiger partial charge in [-0.25, -0.2) is 0 Å². The Bertz CT molecular complexity index is 597. The highest BCUT2D eigenvalue weighted by molar-refractivity contribution is 6.30. The molecular weight excluding hydrogens is 320 g/mol. The Morgan fingerprint density at radius 1 is 1.00 bits per heavy atom. The van der Waals surface area contributed by atoms with E-state index in [1.54, 1.807) is 0 Å². The normalized spacial score (nSPS) is 16.9. The molecule has 2 aromatic carbocycles. The highest BCUT2D eigenvalue weighted by Crippen LogP contribution is 2.23. The van der Waals surface area contributed by atoms with Crippen LogP contribution in [0.15, 0.2) is 54.6 Å². The molecule has 4 heteroatoms. The second-order valence-electron chi connectivity index (χ2n) is 6.19. The van der Waals surface area contributed by atoms with Crippen LogP contribution in [0.1, 0.15) is 17.2 Å². The maximum Gasteiger partial charge on any atom is 0.0865 e. The van der Waals surface area contributed by atoms with E-state index in [0.29, 0.717) is 0 Å². The molecule has 24 heavy (non-hydrogen) atoms. The highest BCUT2D eigenvalue weighted by atomic mass is 35.5. The van der Waals surface area contributed by atoms with Gasteiger partial charge in [-0.3, -0.25) is 4.90 Å². The van der Waals surface area contributed by atoms with E-state index in [9.17, 15) is 0 Å². The minimum atomic E-state index is 0.0790. The number of ether oxygens (including phenoxy) is 1. The third-order valence-corrected chi connectivity index (χ3v) is 4.69. The van der Waals surface area contributed by atoms with Crippen LogP contribution in [0.3, 0.4) is 0 Å². The fraction of sp³-hybridized carbons (Fsp3) is 0.400. The van der Waals surface area contributed by atoms with Gasteiger partial charge in [-0.2, -0.15) is 0 Å². The summed E-state index contributed by atoms with van der Waals surface area (Å²) in [5, 5.41) is 4.16. The van der Waals surface area contributed by atoms with Crippen molar-refractivity contribution >= 4 is 11.6 Å². The molecule has 1 saturated heterocycles. The highest BCUT2D eigenvalue weighted by Gasteiger charge is 2.15. The molecule has 1 unspecified atom stereocenters. The Morgan fingerprint density at radius 2 is 1.71 bits per heavy atom. The monoisotopic (exact) mass is 344 g/mol. The summed E-state index contributed by atoms with van der Waals surface area (Å²) in [6, 6.07) is 18.5. The summed E-state index contributed by atoms with van der Waals surface area (Å²) in [6.45, 7) is 6.12. The molecule has 0 bridgehead atoms. The van der Waals surface area contributed by atoms with Gasteiger partial charge in [-0.15, -0.1) is 0 Å². The predicted octanol–water partition coefficient (Wildman–Crippen LogP) is 3.55. The molecule has 0 aromatic heterocycles. The van der Waals surface area contributed by atoms with Crippen LogP contribution < -0.4 is 5.32 Å². The van der Waals surface area contributed by atoms with Crippen LogP contribution in [0.5, 0.6) is 0 Å². The van der Waals surface area contributed by atoms with Crippen molar-refractivity contribution in [3.05, 3.63) is 70.7 Å². The summed E-state index contributed by atoms with van der Waals surface area (Å²) in [4.78, 5) is 2.46. The average molecular weight is 345 g/mol. The van der Waals surface area contributed by atoms with Gasteiger partial charge in [0.15, 0.2) is 0 Å². The van der Waals surface area contributed by atoms with E-state index in [-0.39, 0.29) is 6.10 Å². The van der Waals surface area contributed by atoms with Gasteiger partial charge >= 0.3 is 0 Å². The summed E-state index contributed by atoms with van der Waals surface area (Å²) in [6.07, 6.45) is 0.943. The summed E-state index contributed by atoms with van der Waals surface area (Å²) >= 11 is 5.99. The van der Waals surface area contributed by atoms with E-state index in [0.717, 1.165) is 50.8 Å². The van der Waals surface area contributed by atoms with E-state index >= 15 is 0 Å². The number of rotatable bonds is 7. The molecule has 2 aromatic rings. The molecule has 0 radical (unpaired) electrons. The lowest BCUT2D eigenvalue weighted by Gasteiger charge is -2.28. The first kappa shape index (κ1) is 17.4. The van der Waals surface area contributed by atoms with Crippen molar-refractivity contribution in [3.63, 3.8) is 0 Å². The lowest BCUT2D eigenvalue weighted by Crippen LogP contribution is -2.44. The second-order valence-corrected chi connectivity index (χ2v) is 6.63. The van der Waals surface area contributed by atoms with Crippen LogP contribution in [0.4, 0.5) is 0 Å². The molecule has 128 valence electrons. The van der Waals surface area contributed by atoms with Crippen molar-refractivity contribution in [2.75, 3.05) is 39.3 Å². The lowest BCUT2D eigenvalue weighted by molar-refractivity contribution is 0.0348. The third-order valence-electron chi connectivity index (χ3n) is 4.44. The van der Waals surface area contributed by atoms with Gasteiger partial charge in [0, 0.05) is 44.2 Å². The van der Waals surface area contributed by atoms with Crippen molar-refractivity contribution in [2.45, 2.75) is 12.5 Å². The standard InChI is InChI=1S/C20H25ClN2O/c21-19-8-6-17(7-9-19)16-20(18-4-2-1-3-5-18)24-15-14-23-12-10-22-11-13-23/h1-9,20,22H,10-16H2. The largest absolute Gasteiger partial charge is 0.372 e. The van der Waals surface area contributed by atoms with Gasteiger partial charge in [0.1, 0.15) is 0 Å². The first-order chi connectivity index (χ1) is 11.8. The number of halogens is 1. The van der Waals surface area contributed by atoms with Crippen molar-refractivity contribution in [1.82, 2.24) is 10.2 Å². The molecule has 1 fully saturated rings. The zero-order valence-electron chi connectivity index (χ0n) is 14.0. The fourth-order valence-electron chi connectivity index (χ4n) is 3.03. The number of benzene rings is 2. The SMILES string of the molecule is Clc1ccc(CC(OCCN2CCNCC2)c2ccccc2)cc1. The van der Waals surface area contributed by atoms with Crippen LogP contribution in [0.25, 0.3) is 0 Å². The van der Waals surface area contributed by atoms with Gasteiger partial charge in [-0.05, 0) is 23.3 Å². The fourth-order valence-corrected chi connectivity index (χ4v) is 3.16. The van der Waals surface area contributed by atoms with Crippen molar-refractivity contribution in [3.8, 4) is 0 Å². The Balaban J connectivity index is 1.60. The first-order valence-electron chi connectivity index (χ1n) is 8.65. The van der Waals surface area contributed by atoms with Gasteiger partial charge in [-0.1, -0.05) is 54.1 Å². The molecule has 0 saturated carbocycles. The van der Waals surface area contributed by atoms with Gasteiger partial charge in [0.05, 0.1) is 12.7 Å². The lowest BCUT2D eigenvalue weighted by atomic mass is 10.0. The molecule has 1 heterocycles. The molecule has 3 rings (SSSR count).